The third-order valence-electron chi connectivity index (χ3n) is 5.05. The molecule has 2 saturated heterocycles. The zero-order chi connectivity index (χ0) is 19.6. The number of carbonyl (C=O) groups is 2. The van der Waals surface area contributed by atoms with Gasteiger partial charge in [-0.15, -0.1) is 0 Å². The van der Waals surface area contributed by atoms with Gasteiger partial charge in [0.2, 0.25) is 5.91 Å². The van der Waals surface area contributed by atoms with Gasteiger partial charge in [-0.2, -0.15) is 0 Å². The number of cyclic esters (lactones) is 1. The highest BCUT2D eigenvalue weighted by atomic mass is 16.7. The van der Waals surface area contributed by atoms with Gasteiger partial charge in [0.05, 0.1) is 30.8 Å². The molecule has 0 aliphatic carbocycles. The number of carbonyl (C=O) groups excluding carboxylic acids is 2. The molecule has 3 rings (SSSR count). The van der Waals surface area contributed by atoms with E-state index in [1.807, 2.05) is 44.2 Å². The van der Waals surface area contributed by atoms with Crippen molar-refractivity contribution in [1.29, 1.82) is 0 Å². The number of benzene rings is 1. The lowest BCUT2D eigenvalue weighted by Crippen LogP contribution is -2.46. The Morgan fingerprint density at radius 2 is 2.00 bits per heavy atom. The number of nitrogens with zero attached hydrogens (tertiary/aromatic N) is 1. The van der Waals surface area contributed by atoms with Crippen LogP contribution < -0.4 is 0 Å². The molecular weight excluding hydrogens is 350 g/mol. The average molecular weight is 377 g/mol. The first-order chi connectivity index (χ1) is 12.8. The Hall–Kier alpha value is -1.96. The van der Waals surface area contributed by atoms with E-state index >= 15 is 0 Å². The zero-order valence-corrected chi connectivity index (χ0v) is 16.0. The van der Waals surface area contributed by atoms with Crippen molar-refractivity contribution in [1.82, 2.24) is 4.90 Å². The molecule has 27 heavy (non-hydrogen) atoms. The predicted molar refractivity (Wildman–Crippen MR) is 96.8 cm³/mol. The number of amides is 2. The minimum atomic E-state index is -0.939. The summed E-state index contributed by atoms with van der Waals surface area (Å²) in [7, 11) is 0. The van der Waals surface area contributed by atoms with Gasteiger partial charge in [-0.05, 0) is 25.8 Å². The number of imide groups is 1. The van der Waals surface area contributed by atoms with Crippen LogP contribution in [0.3, 0.4) is 0 Å². The first-order valence-corrected chi connectivity index (χ1v) is 9.30. The molecule has 7 heteroatoms. The van der Waals surface area contributed by atoms with E-state index in [0.29, 0.717) is 13.0 Å². The van der Waals surface area contributed by atoms with Gasteiger partial charge in [-0.25, -0.2) is 9.69 Å². The van der Waals surface area contributed by atoms with E-state index < -0.39 is 29.8 Å². The number of aliphatic hydroxyl groups is 1. The van der Waals surface area contributed by atoms with Gasteiger partial charge >= 0.3 is 6.09 Å². The van der Waals surface area contributed by atoms with E-state index in [4.69, 9.17) is 14.2 Å². The van der Waals surface area contributed by atoms with Gasteiger partial charge in [0.15, 0.2) is 5.79 Å². The Bertz CT molecular complexity index is 676. The quantitative estimate of drug-likeness (QED) is 0.817. The average Bonchev–Trinajstić information content (AvgIpc) is 3.16. The minimum absolute atomic E-state index is 0.163. The molecule has 0 aromatic heterocycles. The molecule has 1 aromatic carbocycles. The molecule has 2 aliphatic rings. The van der Waals surface area contributed by atoms with Gasteiger partial charge in [0.25, 0.3) is 0 Å². The van der Waals surface area contributed by atoms with Crippen LogP contribution in [0, 0.1) is 5.92 Å². The van der Waals surface area contributed by atoms with Crippen LogP contribution in [-0.2, 0) is 25.4 Å². The fourth-order valence-corrected chi connectivity index (χ4v) is 3.50. The number of rotatable bonds is 6. The largest absolute Gasteiger partial charge is 0.447 e. The Kier molecular flexibility index (Phi) is 5.83. The standard InChI is InChI=1S/C20H27NO6/c1-13(17(22)10-16-12-26-20(2,3)27-16)18(23)21-15(11-25-19(21)24)9-14-7-5-4-6-8-14/h4-8,13,15-17,22H,9-12H2,1-3H3/t13-,15-,16+,17+/m1/s1. The smallest absolute Gasteiger partial charge is 0.416 e. The first-order valence-electron chi connectivity index (χ1n) is 9.30. The maximum atomic E-state index is 12.9. The summed E-state index contributed by atoms with van der Waals surface area (Å²) < 4.78 is 16.3. The fourth-order valence-electron chi connectivity index (χ4n) is 3.50. The summed E-state index contributed by atoms with van der Waals surface area (Å²) in [5, 5.41) is 10.5. The third kappa shape index (κ3) is 4.66. The second kappa shape index (κ2) is 7.96. The summed E-state index contributed by atoms with van der Waals surface area (Å²) in [4.78, 5) is 26.2. The fraction of sp³-hybridized carbons (Fsp3) is 0.600. The summed E-state index contributed by atoms with van der Waals surface area (Å²) in [6.07, 6.45) is -1.08. The Labute approximate surface area is 159 Å². The molecule has 7 nitrogen and oxygen atoms in total. The molecule has 2 aliphatic heterocycles. The van der Waals surface area contributed by atoms with Crippen molar-refractivity contribution in [2.75, 3.05) is 13.2 Å². The zero-order valence-electron chi connectivity index (χ0n) is 16.0. The summed E-state index contributed by atoms with van der Waals surface area (Å²) in [6.45, 7) is 5.77. The lowest BCUT2D eigenvalue weighted by atomic mass is 9.96. The van der Waals surface area contributed by atoms with Crippen molar-refractivity contribution in [3.8, 4) is 0 Å². The van der Waals surface area contributed by atoms with Gasteiger partial charge in [-0.1, -0.05) is 37.3 Å². The Morgan fingerprint density at radius 1 is 1.30 bits per heavy atom. The molecule has 4 atom stereocenters. The highest BCUT2D eigenvalue weighted by Crippen LogP contribution is 2.27. The van der Waals surface area contributed by atoms with Crippen molar-refractivity contribution in [3.05, 3.63) is 35.9 Å². The first kappa shape index (κ1) is 19.8. The van der Waals surface area contributed by atoms with Crippen LogP contribution in [0.1, 0.15) is 32.8 Å². The molecule has 1 aromatic rings. The Balaban J connectivity index is 1.62. The van der Waals surface area contributed by atoms with Crippen LogP contribution in [0.2, 0.25) is 0 Å². The summed E-state index contributed by atoms with van der Waals surface area (Å²) in [5.41, 5.74) is 1.02. The van der Waals surface area contributed by atoms with Crippen LogP contribution >= 0.6 is 0 Å². The van der Waals surface area contributed by atoms with Gasteiger partial charge in [0, 0.05) is 6.42 Å². The molecule has 0 spiro atoms. The predicted octanol–water partition coefficient (Wildman–Crippen LogP) is 2.12. The van der Waals surface area contributed by atoms with Crippen LogP contribution in [0.5, 0.6) is 0 Å². The maximum Gasteiger partial charge on any atom is 0.416 e. The van der Waals surface area contributed by atoms with E-state index in [1.54, 1.807) is 6.92 Å². The number of aliphatic hydroxyl groups excluding tert-OH is 1. The number of hydrogen-bond acceptors (Lipinski definition) is 6. The summed E-state index contributed by atoms with van der Waals surface area (Å²) in [5.74, 6) is -1.86. The lowest BCUT2D eigenvalue weighted by molar-refractivity contribution is -0.145. The van der Waals surface area contributed by atoms with E-state index in [2.05, 4.69) is 0 Å². The second-order valence-corrected chi connectivity index (χ2v) is 7.67. The second-order valence-electron chi connectivity index (χ2n) is 7.67. The molecule has 0 bridgehead atoms. The third-order valence-corrected chi connectivity index (χ3v) is 5.05. The highest BCUT2D eigenvalue weighted by molar-refractivity contribution is 5.94. The van der Waals surface area contributed by atoms with Crippen LogP contribution in [0.15, 0.2) is 30.3 Å². The summed E-state index contributed by atoms with van der Waals surface area (Å²) >= 11 is 0. The molecule has 0 saturated carbocycles. The van der Waals surface area contributed by atoms with Crippen molar-refractivity contribution in [2.24, 2.45) is 5.92 Å². The van der Waals surface area contributed by atoms with Crippen LogP contribution in [0.4, 0.5) is 4.79 Å². The summed E-state index contributed by atoms with van der Waals surface area (Å²) in [6, 6.07) is 9.27. The molecule has 148 valence electrons. The van der Waals surface area contributed by atoms with Crippen LogP contribution in [0.25, 0.3) is 0 Å². The van der Waals surface area contributed by atoms with Crippen LogP contribution in [-0.4, -0.2) is 59.3 Å². The molecule has 0 unspecified atom stereocenters. The molecule has 1 N–H and O–H groups in total. The van der Waals surface area contributed by atoms with Crippen molar-refractivity contribution in [2.45, 2.75) is 57.6 Å². The Morgan fingerprint density at radius 3 is 2.63 bits per heavy atom. The number of ether oxygens (including phenoxy) is 3. The van der Waals surface area contributed by atoms with Crippen molar-refractivity contribution >= 4 is 12.0 Å². The van der Waals surface area contributed by atoms with Gasteiger partial charge in [0.1, 0.15) is 6.61 Å². The van der Waals surface area contributed by atoms with E-state index in [1.165, 1.54) is 0 Å². The minimum Gasteiger partial charge on any atom is -0.447 e. The lowest BCUT2D eigenvalue weighted by Gasteiger charge is -2.26. The monoisotopic (exact) mass is 377 g/mol. The van der Waals surface area contributed by atoms with Gasteiger partial charge < -0.3 is 19.3 Å². The van der Waals surface area contributed by atoms with Gasteiger partial charge in [-0.3, -0.25) is 4.79 Å². The van der Waals surface area contributed by atoms with Crippen molar-refractivity contribution < 1.29 is 28.9 Å². The normalized spacial score (nSPS) is 26.7. The maximum absolute atomic E-state index is 12.9. The topological polar surface area (TPSA) is 85.3 Å². The molecule has 2 amide bonds. The SMILES string of the molecule is C[C@@H](C(=O)N1C(=O)OC[C@H]1Cc1ccccc1)[C@@H](O)C[C@H]1COC(C)(C)O1. The molecule has 0 radical (unpaired) electrons. The number of hydrogen-bond donors (Lipinski definition) is 1. The van der Waals surface area contributed by atoms with Crippen molar-refractivity contribution in [3.63, 3.8) is 0 Å². The van der Waals surface area contributed by atoms with E-state index in [0.717, 1.165) is 10.5 Å². The molecule has 2 fully saturated rings. The molecule has 2 heterocycles. The molecular formula is C20H27NO6. The van der Waals surface area contributed by atoms with E-state index in [9.17, 15) is 14.7 Å². The van der Waals surface area contributed by atoms with E-state index in [-0.39, 0.29) is 25.2 Å². The highest BCUT2D eigenvalue weighted by Gasteiger charge is 2.42.